The van der Waals surface area contributed by atoms with Crippen molar-refractivity contribution >= 4 is 11.5 Å². The quantitative estimate of drug-likeness (QED) is 0.336. The zero-order valence-electron chi connectivity index (χ0n) is 18.3. The van der Waals surface area contributed by atoms with Crippen molar-refractivity contribution in [1.82, 2.24) is 19.7 Å². The molecule has 0 unspecified atom stereocenters. The highest BCUT2D eigenvalue weighted by molar-refractivity contribution is 5.58. The molecule has 2 N–H and O–H groups in total. The molecule has 3 aromatic heterocycles. The SMILES string of the molecule is CC(C)(O)c1cc(Nc2cc(Oc3cc(C(F)(F)F)nn3-c3c(F)cccc3F)ccn2)ccn1. The molecule has 12 heteroatoms. The molecule has 0 amide bonds. The fraction of sp³-hybridized carbons (Fsp3) is 0.174. The van der Waals surface area contributed by atoms with Gasteiger partial charge in [0.15, 0.2) is 17.3 Å². The van der Waals surface area contributed by atoms with Crippen LogP contribution >= 0.6 is 0 Å². The van der Waals surface area contributed by atoms with E-state index in [2.05, 4.69) is 20.4 Å². The van der Waals surface area contributed by atoms with E-state index in [0.29, 0.717) is 22.1 Å². The van der Waals surface area contributed by atoms with Gasteiger partial charge in [-0.25, -0.2) is 13.8 Å². The summed E-state index contributed by atoms with van der Waals surface area (Å²) >= 11 is 0. The molecule has 0 bridgehead atoms. The molecule has 0 fully saturated rings. The number of halogens is 5. The summed E-state index contributed by atoms with van der Waals surface area (Å²) in [6.45, 7) is 3.14. The number of anilines is 2. The second-order valence-corrected chi connectivity index (χ2v) is 7.94. The van der Waals surface area contributed by atoms with Crippen LogP contribution in [0.25, 0.3) is 5.69 Å². The lowest BCUT2D eigenvalue weighted by Gasteiger charge is -2.17. The lowest BCUT2D eigenvalue weighted by molar-refractivity contribution is -0.141. The van der Waals surface area contributed by atoms with Gasteiger partial charge in [-0.05, 0) is 44.2 Å². The zero-order chi connectivity index (χ0) is 25.4. The van der Waals surface area contributed by atoms with Gasteiger partial charge in [-0.15, -0.1) is 0 Å². The molecular weight excluding hydrogens is 473 g/mol. The van der Waals surface area contributed by atoms with Crippen LogP contribution in [-0.4, -0.2) is 24.9 Å². The molecule has 0 aliphatic heterocycles. The molecule has 3 heterocycles. The Labute approximate surface area is 195 Å². The van der Waals surface area contributed by atoms with Gasteiger partial charge < -0.3 is 15.2 Å². The second kappa shape index (κ2) is 8.95. The minimum Gasteiger partial charge on any atom is -0.439 e. The Morgan fingerprint density at radius 2 is 1.60 bits per heavy atom. The van der Waals surface area contributed by atoms with Crippen molar-refractivity contribution in [1.29, 1.82) is 0 Å². The number of aliphatic hydroxyl groups is 1. The number of aromatic nitrogens is 4. The fourth-order valence-corrected chi connectivity index (χ4v) is 3.08. The Bertz CT molecular complexity index is 1340. The number of hydrogen-bond donors (Lipinski definition) is 2. The number of hydrogen-bond acceptors (Lipinski definition) is 6. The predicted molar refractivity (Wildman–Crippen MR) is 116 cm³/mol. The number of nitrogens with zero attached hydrogens (tertiary/aromatic N) is 4. The summed E-state index contributed by atoms with van der Waals surface area (Å²) in [5, 5.41) is 16.4. The summed E-state index contributed by atoms with van der Waals surface area (Å²) in [5.74, 6) is -2.54. The van der Waals surface area contributed by atoms with Crippen molar-refractivity contribution in [2.75, 3.05) is 5.32 Å². The standard InChI is InChI=1S/C23H18F5N5O2/c1-22(2,34)17-10-13(6-8-29-17)31-19-11-14(7-9-30-19)35-20-12-18(23(26,27)28)32-33(20)21-15(24)4-3-5-16(21)25/h3-12,34H,1-2H3,(H,29,30,31). The summed E-state index contributed by atoms with van der Waals surface area (Å²) < 4.78 is 74.5. The predicted octanol–water partition coefficient (Wildman–Crippen LogP) is 5.72. The number of ether oxygens (including phenoxy) is 1. The maximum Gasteiger partial charge on any atom is 0.435 e. The topological polar surface area (TPSA) is 85.1 Å². The van der Waals surface area contributed by atoms with E-state index in [4.69, 9.17) is 4.74 Å². The van der Waals surface area contributed by atoms with Crippen molar-refractivity contribution in [3.63, 3.8) is 0 Å². The summed E-state index contributed by atoms with van der Waals surface area (Å²) in [6.07, 6.45) is -2.07. The molecule has 0 atom stereocenters. The van der Waals surface area contributed by atoms with Crippen molar-refractivity contribution in [3.05, 3.63) is 83.9 Å². The van der Waals surface area contributed by atoms with E-state index in [1.807, 2.05) is 0 Å². The molecule has 0 saturated carbocycles. The third-order valence-electron chi connectivity index (χ3n) is 4.73. The van der Waals surface area contributed by atoms with Gasteiger partial charge in [0.05, 0.1) is 5.69 Å². The fourth-order valence-electron chi connectivity index (χ4n) is 3.08. The average Bonchev–Trinajstić information content (AvgIpc) is 3.17. The van der Waals surface area contributed by atoms with Crippen LogP contribution in [0.5, 0.6) is 11.6 Å². The van der Waals surface area contributed by atoms with Gasteiger partial charge >= 0.3 is 6.18 Å². The molecule has 4 rings (SSSR count). The molecule has 35 heavy (non-hydrogen) atoms. The molecular formula is C23H18F5N5O2. The monoisotopic (exact) mass is 491 g/mol. The van der Waals surface area contributed by atoms with E-state index in [1.165, 1.54) is 24.5 Å². The first-order chi connectivity index (χ1) is 16.4. The van der Waals surface area contributed by atoms with E-state index in [0.717, 1.165) is 18.2 Å². The van der Waals surface area contributed by atoms with Crippen molar-refractivity contribution in [2.24, 2.45) is 0 Å². The van der Waals surface area contributed by atoms with E-state index >= 15 is 0 Å². The number of nitrogens with one attached hydrogen (secondary N) is 1. The molecule has 182 valence electrons. The molecule has 0 aliphatic carbocycles. The zero-order valence-corrected chi connectivity index (χ0v) is 18.3. The van der Waals surface area contributed by atoms with Crippen molar-refractivity contribution < 1.29 is 31.8 Å². The number of pyridine rings is 2. The van der Waals surface area contributed by atoms with Crippen LogP contribution in [0.4, 0.5) is 33.5 Å². The minimum atomic E-state index is -4.88. The number of benzene rings is 1. The minimum absolute atomic E-state index is 0.0193. The summed E-state index contributed by atoms with van der Waals surface area (Å²) in [4.78, 5) is 8.23. The molecule has 1 aromatic carbocycles. The Balaban J connectivity index is 1.68. The van der Waals surface area contributed by atoms with Crippen LogP contribution in [0.1, 0.15) is 25.2 Å². The van der Waals surface area contributed by atoms with Gasteiger partial charge in [0.2, 0.25) is 5.88 Å². The highest BCUT2D eigenvalue weighted by atomic mass is 19.4. The molecule has 0 aliphatic rings. The highest BCUT2D eigenvalue weighted by Crippen LogP contribution is 2.35. The second-order valence-electron chi connectivity index (χ2n) is 7.94. The number of para-hydroxylation sites is 1. The number of alkyl halides is 3. The Hall–Kier alpha value is -4.06. The van der Waals surface area contributed by atoms with Crippen LogP contribution < -0.4 is 10.1 Å². The lowest BCUT2D eigenvalue weighted by Crippen LogP contribution is -2.17. The van der Waals surface area contributed by atoms with Gasteiger partial charge in [0.25, 0.3) is 0 Å². The van der Waals surface area contributed by atoms with Gasteiger partial charge in [-0.3, -0.25) is 4.98 Å². The maximum absolute atomic E-state index is 14.3. The van der Waals surface area contributed by atoms with Crippen LogP contribution in [0.15, 0.2) is 60.9 Å². The van der Waals surface area contributed by atoms with Crippen LogP contribution in [-0.2, 0) is 11.8 Å². The first-order valence-electron chi connectivity index (χ1n) is 10.1. The summed E-state index contributed by atoms with van der Waals surface area (Å²) in [5.41, 5.74) is -2.48. The molecule has 0 radical (unpaired) electrons. The van der Waals surface area contributed by atoms with Gasteiger partial charge in [-0.1, -0.05) is 6.07 Å². The first-order valence-corrected chi connectivity index (χ1v) is 10.1. The smallest absolute Gasteiger partial charge is 0.435 e. The van der Waals surface area contributed by atoms with Crippen LogP contribution in [0.2, 0.25) is 0 Å². The highest BCUT2D eigenvalue weighted by Gasteiger charge is 2.36. The van der Waals surface area contributed by atoms with E-state index in [1.54, 1.807) is 26.0 Å². The van der Waals surface area contributed by atoms with Gasteiger partial charge in [-0.2, -0.15) is 23.0 Å². The lowest BCUT2D eigenvalue weighted by atomic mass is 10.0. The van der Waals surface area contributed by atoms with E-state index < -0.39 is 40.7 Å². The third-order valence-corrected chi connectivity index (χ3v) is 4.73. The Kier molecular flexibility index (Phi) is 6.15. The van der Waals surface area contributed by atoms with E-state index in [9.17, 15) is 27.1 Å². The maximum atomic E-state index is 14.3. The van der Waals surface area contributed by atoms with Crippen molar-refractivity contribution in [2.45, 2.75) is 25.6 Å². The Morgan fingerprint density at radius 3 is 2.26 bits per heavy atom. The first kappa shape index (κ1) is 24.1. The third kappa shape index (κ3) is 5.38. The molecule has 7 nitrogen and oxygen atoms in total. The van der Waals surface area contributed by atoms with Crippen LogP contribution in [0.3, 0.4) is 0 Å². The van der Waals surface area contributed by atoms with Crippen molar-refractivity contribution in [3.8, 4) is 17.3 Å². The van der Waals surface area contributed by atoms with Gasteiger partial charge in [0, 0.05) is 30.2 Å². The Morgan fingerprint density at radius 1 is 0.914 bits per heavy atom. The molecule has 0 saturated heterocycles. The average molecular weight is 491 g/mol. The number of rotatable bonds is 6. The van der Waals surface area contributed by atoms with Gasteiger partial charge in [0.1, 0.15) is 22.9 Å². The molecule has 0 spiro atoms. The largest absolute Gasteiger partial charge is 0.439 e. The summed E-state index contributed by atoms with van der Waals surface area (Å²) in [6, 6.07) is 9.33. The van der Waals surface area contributed by atoms with Crippen LogP contribution in [0, 0.1) is 11.6 Å². The van der Waals surface area contributed by atoms with E-state index in [-0.39, 0.29) is 11.6 Å². The summed E-state index contributed by atoms with van der Waals surface area (Å²) in [7, 11) is 0. The normalized spacial score (nSPS) is 12.0. The molecule has 4 aromatic rings.